The standard InChI is InChI=1S/C17H20FNO/c1-13-7-8-16(18)9-14(13)10-17(11-19,12-20)15-5-3-2-4-6-15/h2-9,20H,10-12,19H2,1H3. The second-order valence-electron chi connectivity index (χ2n) is 5.26. The molecule has 20 heavy (non-hydrogen) atoms. The van der Waals surface area contributed by atoms with E-state index in [2.05, 4.69) is 0 Å². The van der Waals surface area contributed by atoms with E-state index in [0.29, 0.717) is 13.0 Å². The Morgan fingerprint density at radius 2 is 1.85 bits per heavy atom. The van der Waals surface area contributed by atoms with Crippen LogP contribution >= 0.6 is 0 Å². The summed E-state index contributed by atoms with van der Waals surface area (Å²) >= 11 is 0. The first-order chi connectivity index (χ1) is 9.61. The smallest absolute Gasteiger partial charge is 0.123 e. The van der Waals surface area contributed by atoms with Crippen molar-refractivity contribution in [2.75, 3.05) is 13.2 Å². The van der Waals surface area contributed by atoms with Gasteiger partial charge in [-0.25, -0.2) is 4.39 Å². The first-order valence-corrected chi connectivity index (χ1v) is 6.73. The lowest BCUT2D eigenvalue weighted by molar-refractivity contribution is 0.196. The number of benzene rings is 2. The average molecular weight is 273 g/mol. The number of rotatable bonds is 5. The van der Waals surface area contributed by atoms with E-state index >= 15 is 0 Å². The Labute approximate surface area is 119 Å². The second kappa shape index (κ2) is 6.16. The van der Waals surface area contributed by atoms with Gasteiger partial charge in [0.05, 0.1) is 6.61 Å². The summed E-state index contributed by atoms with van der Waals surface area (Å²) in [5.41, 5.74) is 8.23. The molecule has 0 fully saturated rings. The number of hydrogen-bond donors (Lipinski definition) is 2. The van der Waals surface area contributed by atoms with Crippen LogP contribution in [0.3, 0.4) is 0 Å². The van der Waals surface area contributed by atoms with E-state index in [9.17, 15) is 9.50 Å². The van der Waals surface area contributed by atoms with E-state index in [1.165, 1.54) is 12.1 Å². The SMILES string of the molecule is Cc1ccc(F)cc1CC(CN)(CO)c1ccccc1. The largest absolute Gasteiger partial charge is 0.395 e. The second-order valence-corrected chi connectivity index (χ2v) is 5.26. The molecule has 0 aromatic heterocycles. The fourth-order valence-corrected chi connectivity index (χ4v) is 2.49. The molecule has 3 N–H and O–H groups in total. The number of hydrogen-bond acceptors (Lipinski definition) is 2. The van der Waals surface area contributed by atoms with Crippen molar-refractivity contribution in [3.8, 4) is 0 Å². The van der Waals surface area contributed by atoms with Crippen molar-refractivity contribution in [1.29, 1.82) is 0 Å². The van der Waals surface area contributed by atoms with E-state index in [4.69, 9.17) is 5.73 Å². The molecular weight excluding hydrogens is 253 g/mol. The molecular formula is C17H20FNO. The average Bonchev–Trinajstić information content (AvgIpc) is 2.49. The van der Waals surface area contributed by atoms with Gasteiger partial charge < -0.3 is 10.8 Å². The zero-order valence-electron chi connectivity index (χ0n) is 11.6. The molecule has 1 unspecified atom stereocenters. The Bertz CT molecular complexity index is 564. The van der Waals surface area contributed by atoms with Crippen LogP contribution in [0.1, 0.15) is 16.7 Å². The van der Waals surface area contributed by atoms with Crippen molar-refractivity contribution in [1.82, 2.24) is 0 Å². The number of aliphatic hydroxyl groups excluding tert-OH is 1. The molecule has 2 aromatic rings. The van der Waals surface area contributed by atoms with E-state index in [-0.39, 0.29) is 12.4 Å². The maximum atomic E-state index is 13.4. The van der Waals surface area contributed by atoms with Gasteiger partial charge in [-0.05, 0) is 42.2 Å². The minimum Gasteiger partial charge on any atom is -0.395 e. The fourth-order valence-electron chi connectivity index (χ4n) is 2.49. The molecule has 0 bridgehead atoms. The molecule has 0 aliphatic carbocycles. The highest BCUT2D eigenvalue weighted by Gasteiger charge is 2.31. The summed E-state index contributed by atoms with van der Waals surface area (Å²) in [6.45, 7) is 2.19. The summed E-state index contributed by atoms with van der Waals surface area (Å²) in [7, 11) is 0. The van der Waals surface area contributed by atoms with Crippen LogP contribution in [0.15, 0.2) is 48.5 Å². The third kappa shape index (κ3) is 2.89. The molecule has 3 heteroatoms. The molecule has 2 rings (SSSR count). The minimum atomic E-state index is -0.570. The summed E-state index contributed by atoms with van der Waals surface area (Å²) in [6.07, 6.45) is 0.521. The van der Waals surface area contributed by atoms with Gasteiger partial charge in [0, 0.05) is 12.0 Å². The van der Waals surface area contributed by atoms with E-state index in [1.54, 1.807) is 6.07 Å². The molecule has 0 aliphatic heterocycles. The third-order valence-corrected chi connectivity index (χ3v) is 3.92. The monoisotopic (exact) mass is 273 g/mol. The maximum absolute atomic E-state index is 13.4. The number of nitrogens with two attached hydrogens (primary N) is 1. The van der Waals surface area contributed by atoms with Crippen LogP contribution in [0.25, 0.3) is 0 Å². The van der Waals surface area contributed by atoms with Gasteiger partial charge in [0.15, 0.2) is 0 Å². The van der Waals surface area contributed by atoms with E-state index in [0.717, 1.165) is 16.7 Å². The first-order valence-electron chi connectivity index (χ1n) is 6.73. The van der Waals surface area contributed by atoms with Gasteiger partial charge in [0.2, 0.25) is 0 Å². The number of aryl methyl sites for hydroxylation is 1. The Balaban J connectivity index is 2.42. The zero-order valence-corrected chi connectivity index (χ0v) is 11.6. The quantitative estimate of drug-likeness (QED) is 0.879. The molecule has 0 aliphatic rings. The van der Waals surface area contributed by atoms with E-state index in [1.807, 2.05) is 37.3 Å². The number of halogens is 1. The Kier molecular flexibility index (Phi) is 4.53. The maximum Gasteiger partial charge on any atom is 0.123 e. The predicted molar refractivity (Wildman–Crippen MR) is 79.1 cm³/mol. The van der Waals surface area contributed by atoms with Crippen molar-refractivity contribution in [2.24, 2.45) is 5.73 Å². The van der Waals surface area contributed by atoms with Crippen molar-refractivity contribution in [2.45, 2.75) is 18.8 Å². The third-order valence-electron chi connectivity index (χ3n) is 3.92. The van der Waals surface area contributed by atoms with E-state index < -0.39 is 5.41 Å². The molecule has 0 spiro atoms. The van der Waals surface area contributed by atoms with Gasteiger partial charge in [0.1, 0.15) is 5.82 Å². The molecule has 2 aromatic carbocycles. The van der Waals surface area contributed by atoms with Crippen LogP contribution in [0.4, 0.5) is 4.39 Å². The topological polar surface area (TPSA) is 46.2 Å². The predicted octanol–water partition coefficient (Wildman–Crippen LogP) is 2.57. The first kappa shape index (κ1) is 14.7. The van der Waals surface area contributed by atoms with Gasteiger partial charge in [-0.15, -0.1) is 0 Å². The van der Waals surface area contributed by atoms with Crippen LogP contribution in [-0.4, -0.2) is 18.3 Å². The molecule has 0 radical (unpaired) electrons. The molecule has 0 heterocycles. The van der Waals surface area contributed by atoms with Gasteiger partial charge in [-0.1, -0.05) is 36.4 Å². The van der Waals surface area contributed by atoms with Crippen molar-refractivity contribution in [3.63, 3.8) is 0 Å². The molecule has 106 valence electrons. The van der Waals surface area contributed by atoms with Gasteiger partial charge in [-0.2, -0.15) is 0 Å². The fraction of sp³-hybridized carbons (Fsp3) is 0.294. The van der Waals surface area contributed by atoms with Crippen molar-refractivity contribution in [3.05, 3.63) is 71.0 Å². The van der Waals surface area contributed by atoms with Gasteiger partial charge in [-0.3, -0.25) is 0 Å². The summed E-state index contributed by atoms with van der Waals surface area (Å²) in [5.74, 6) is -0.262. The summed E-state index contributed by atoms with van der Waals surface area (Å²) in [4.78, 5) is 0. The normalized spacial score (nSPS) is 14.0. The summed E-state index contributed by atoms with van der Waals surface area (Å²) in [5, 5.41) is 9.88. The number of aliphatic hydroxyl groups is 1. The van der Waals surface area contributed by atoms with Crippen LogP contribution in [0, 0.1) is 12.7 Å². The Morgan fingerprint density at radius 1 is 1.15 bits per heavy atom. The minimum absolute atomic E-state index is 0.0660. The zero-order chi connectivity index (χ0) is 14.6. The highest BCUT2D eigenvalue weighted by atomic mass is 19.1. The van der Waals surface area contributed by atoms with Crippen LogP contribution in [-0.2, 0) is 11.8 Å². The lowest BCUT2D eigenvalue weighted by Crippen LogP contribution is -2.41. The molecule has 0 amide bonds. The van der Waals surface area contributed by atoms with Crippen molar-refractivity contribution >= 4 is 0 Å². The highest BCUT2D eigenvalue weighted by Crippen LogP contribution is 2.28. The lowest BCUT2D eigenvalue weighted by Gasteiger charge is -2.32. The van der Waals surface area contributed by atoms with Crippen molar-refractivity contribution < 1.29 is 9.50 Å². The summed E-state index contributed by atoms with van der Waals surface area (Å²) < 4.78 is 13.4. The molecule has 0 saturated carbocycles. The lowest BCUT2D eigenvalue weighted by atomic mass is 9.75. The Morgan fingerprint density at radius 3 is 2.45 bits per heavy atom. The molecule has 2 nitrogen and oxygen atoms in total. The molecule has 0 saturated heterocycles. The molecule has 1 atom stereocenters. The Hall–Kier alpha value is -1.71. The highest BCUT2D eigenvalue weighted by molar-refractivity contribution is 5.34. The van der Waals surface area contributed by atoms with Gasteiger partial charge in [0.25, 0.3) is 0 Å². The van der Waals surface area contributed by atoms with Crippen LogP contribution in [0.2, 0.25) is 0 Å². The van der Waals surface area contributed by atoms with Gasteiger partial charge >= 0.3 is 0 Å². The summed E-state index contributed by atoms with van der Waals surface area (Å²) in [6, 6.07) is 14.4. The van der Waals surface area contributed by atoms with Crippen LogP contribution in [0.5, 0.6) is 0 Å². The van der Waals surface area contributed by atoms with Crippen LogP contribution < -0.4 is 5.73 Å².